The van der Waals surface area contributed by atoms with E-state index in [2.05, 4.69) is 13.0 Å². The summed E-state index contributed by atoms with van der Waals surface area (Å²) in [6.45, 7) is 9.74. The highest BCUT2D eigenvalue weighted by atomic mass is 16.9. The van der Waals surface area contributed by atoms with Crippen LogP contribution < -0.4 is 0 Å². The van der Waals surface area contributed by atoms with Crippen molar-refractivity contribution >= 4 is 0 Å². The van der Waals surface area contributed by atoms with Crippen molar-refractivity contribution in [1.82, 2.24) is 0 Å². The summed E-state index contributed by atoms with van der Waals surface area (Å²) in [6, 6.07) is 0. The number of hydrogen-bond acceptors (Lipinski definition) is 5. The van der Waals surface area contributed by atoms with Gasteiger partial charge in [0.05, 0.1) is 0 Å². The normalized spacial score (nSPS) is 43.1. The predicted octanol–water partition coefficient (Wildman–Crippen LogP) is 2.70. The molecule has 0 saturated carbocycles. The third-order valence-electron chi connectivity index (χ3n) is 3.71. The van der Waals surface area contributed by atoms with Gasteiger partial charge in [-0.2, -0.15) is 0 Å². The van der Waals surface area contributed by atoms with Crippen LogP contribution in [0.25, 0.3) is 0 Å². The zero-order valence-electron chi connectivity index (χ0n) is 12.8. The monoisotopic (exact) mass is 284 g/mol. The summed E-state index contributed by atoms with van der Waals surface area (Å²) >= 11 is 0. The molecule has 114 valence electrons. The molecule has 3 fully saturated rings. The Balaban J connectivity index is 1.88. The summed E-state index contributed by atoms with van der Waals surface area (Å²) < 4.78 is 29.7. The van der Waals surface area contributed by atoms with Crippen molar-refractivity contribution in [3.63, 3.8) is 0 Å². The number of unbranched alkanes of at least 4 members (excludes halogenated alkanes) is 1. The average molecular weight is 284 g/mol. The molecule has 0 radical (unpaired) electrons. The molecule has 0 unspecified atom stereocenters. The van der Waals surface area contributed by atoms with Crippen molar-refractivity contribution in [2.24, 2.45) is 0 Å². The first-order valence-electron chi connectivity index (χ1n) is 7.39. The Morgan fingerprint density at radius 2 is 1.60 bits per heavy atom. The van der Waals surface area contributed by atoms with Crippen molar-refractivity contribution in [1.29, 1.82) is 0 Å². The molecule has 0 bridgehead atoms. The number of allylic oxidation sites excluding steroid dienone is 1. The van der Waals surface area contributed by atoms with E-state index in [1.165, 1.54) is 0 Å². The maximum Gasteiger partial charge on any atom is 0.231 e. The lowest BCUT2D eigenvalue weighted by Gasteiger charge is -2.33. The second kappa shape index (κ2) is 4.70. The van der Waals surface area contributed by atoms with Gasteiger partial charge in [0, 0.05) is 0 Å². The van der Waals surface area contributed by atoms with Crippen LogP contribution in [-0.2, 0) is 23.7 Å². The van der Waals surface area contributed by atoms with E-state index in [0.29, 0.717) is 0 Å². The van der Waals surface area contributed by atoms with Gasteiger partial charge in [-0.1, -0.05) is 13.3 Å². The molecule has 5 heteroatoms. The number of hydrogen-bond donors (Lipinski definition) is 0. The molecule has 20 heavy (non-hydrogen) atoms. The molecule has 0 aromatic rings. The van der Waals surface area contributed by atoms with E-state index < -0.39 is 17.9 Å². The average Bonchev–Trinajstić information content (AvgIpc) is 2.80. The number of ether oxygens (including phenoxy) is 5. The third-order valence-corrected chi connectivity index (χ3v) is 3.71. The molecule has 3 rings (SSSR count). The van der Waals surface area contributed by atoms with E-state index in [4.69, 9.17) is 23.7 Å². The van der Waals surface area contributed by atoms with Gasteiger partial charge in [-0.15, -0.1) is 0 Å². The molecular weight excluding hydrogens is 260 g/mol. The summed E-state index contributed by atoms with van der Waals surface area (Å²) in [5.74, 6) is -0.476. The largest absolute Gasteiger partial charge is 0.464 e. The Labute approximate surface area is 120 Å². The minimum absolute atomic E-state index is 0.186. The zero-order chi connectivity index (χ0) is 14.5. The van der Waals surface area contributed by atoms with Crippen molar-refractivity contribution in [3.8, 4) is 0 Å². The molecular formula is C15H24O5. The van der Waals surface area contributed by atoms with Gasteiger partial charge in [0.2, 0.25) is 6.29 Å². The van der Waals surface area contributed by atoms with Crippen molar-refractivity contribution in [2.75, 3.05) is 0 Å². The van der Waals surface area contributed by atoms with Crippen LogP contribution in [0.15, 0.2) is 11.8 Å². The topological polar surface area (TPSA) is 46.2 Å². The minimum Gasteiger partial charge on any atom is -0.464 e. The molecule has 0 amide bonds. The highest BCUT2D eigenvalue weighted by Crippen LogP contribution is 2.45. The highest BCUT2D eigenvalue weighted by Gasteiger charge is 2.59. The Hall–Kier alpha value is -0.620. The second-order valence-electron chi connectivity index (χ2n) is 6.50. The van der Waals surface area contributed by atoms with Crippen LogP contribution in [-0.4, -0.2) is 36.2 Å². The molecule has 0 aromatic heterocycles. The quantitative estimate of drug-likeness (QED) is 0.780. The first-order valence-corrected chi connectivity index (χ1v) is 7.39. The fraction of sp³-hybridized carbons (Fsp3) is 0.867. The van der Waals surface area contributed by atoms with E-state index in [1.54, 1.807) is 0 Å². The first-order chi connectivity index (χ1) is 9.31. The summed E-state index contributed by atoms with van der Waals surface area (Å²) in [4.78, 5) is 0. The van der Waals surface area contributed by atoms with Crippen LogP contribution in [0.2, 0.25) is 0 Å². The van der Waals surface area contributed by atoms with Crippen molar-refractivity contribution in [2.45, 2.75) is 83.6 Å². The fourth-order valence-electron chi connectivity index (χ4n) is 2.97. The predicted molar refractivity (Wildman–Crippen MR) is 71.7 cm³/mol. The maximum absolute atomic E-state index is 6.02. The molecule has 0 aromatic carbocycles. The molecule has 0 spiro atoms. The van der Waals surface area contributed by atoms with Crippen LogP contribution in [0.3, 0.4) is 0 Å². The van der Waals surface area contributed by atoms with E-state index >= 15 is 0 Å². The molecule has 5 nitrogen and oxygen atoms in total. The molecule has 4 atom stereocenters. The molecule has 0 aliphatic carbocycles. The SMILES string of the molecule is CCC/C=C1/O[C@@H]2OC(C)(C)O[C@@H]2[C@H]2OC(C)(C)O[C@@H]12. The van der Waals surface area contributed by atoms with Crippen LogP contribution in [0, 0.1) is 0 Å². The fourth-order valence-corrected chi connectivity index (χ4v) is 2.97. The van der Waals surface area contributed by atoms with Gasteiger partial charge in [-0.3, -0.25) is 0 Å². The van der Waals surface area contributed by atoms with E-state index in [0.717, 1.165) is 18.6 Å². The highest BCUT2D eigenvalue weighted by molar-refractivity contribution is 5.13. The molecule has 3 aliphatic rings. The molecule has 3 saturated heterocycles. The van der Waals surface area contributed by atoms with E-state index in [9.17, 15) is 0 Å². The summed E-state index contributed by atoms with van der Waals surface area (Å²) in [5.41, 5.74) is 0. The Kier molecular flexibility index (Phi) is 3.36. The lowest BCUT2D eigenvalue weighted by Crippen LogP contribution is -2.48. The Morgan fingerprint density at radius 1 is 0.950 bits per heavy atom. The van der Waals surface area contributed by atoms with E-state index in [-0.39, 0.29) is 18.3 Å². The molecule has 0 N–H and O–H groups in total. The zero-order valence-corrected chi connectivity index (χ0v) is 12.8. The van der Waals surface area contributed by atoms with E-state index in [1.807, 2.05) is 27.7 Å². The second-order valence-corrected chi connectivity index (χ2v) is 6.50. The van der Waals surface area contributed by atoms with Gasteiger partial charge in [0.25, 0.3) is 0 Å². The standard InChI is InChI=1S/C15H24O5/c1-6-7-8-9-10-11(18-14(2,3)17-10)12-13(16-9)20-15(4,5)19-12/h8,10-13H,6-7H2,1-5H3/b9-8+/t10-,11-,12+,13+/m0/s1. The van der Waals surface area contributed by atoms with Gasteiger partial charge in [0.1, 0.15) is 18.0 Å². The van der Waals surface area contributed by atoms with Crippen molar-refractivity contribution in [3.05, 3.63) is 11.8 Å². The summed E-state index contributed by atoms with van der Waals surface area (Å²) in [5, 5.41) is 0. The van der Waals surface area contributed by atoms with Crippen LogP contribution >= 0.6 is 0 Å². The van der Waals surface area contributed by atoms with Crippen LogP contribution in [0.1, 0.15) is 47.5 Å². The van der Waals surface area contributed by atoms with Gasteiger partial charge < -0.3 is 23.7 Å². The lowest BCUT2D eigenvalue weighted by molar-refractivity contribution is -0.187. The Bertz CT molecular complexity index is 414. The van der Waals surface area contributed by atoms with Gasteiger partial charge in [0.15, 0.2) is 17.7 Å². The molecule has 3 aliphatic heterocycles. The number of fused-ring (bicyclic) bond motifs is 3. The van der Waals surface area contributed by atoms with Gasteiger partial charge in [-0.05, 0) is 40.2 Å². The van der Waals surface area contributed by atoms with Crippen molar-refractivity contribution < 1.29 is 23.7 Å². The third kappa shape index (κ3) is 2.48. The minimum atomic E-state index is -0.657. The first kappa shape index (κ1) is 14.3. The summed E-state index contributed by atoms with van der Waals surface area (Å²) in [7, 11) is 0. The lowest BCUT2D eigenvalue weighted by atomic mass is 10.0. The van der Waals surface area contributed by atoms with Crippen LogP contribution in [0.5, 0.6) is 0 Å². The van der Waals surface area contributed by atoms with Crippen LogP contribution in [0.4, 0.5) is 0 Å². The molecule has 3 heterocycles. The summed E-state index contributed by atoms with van der Waals surface area (Å²) in [6.07, 6.45) is 3.01. The number of rotatable bonds is 2. The smallest absolute Gasteiger partial charge is 0.231 e. The maximum atomic E-state index is 6.02. The Morgan fingerprint density at radius 3 is 2.30 bits per heavy atom. The van der Waals surface area contributed by atoms with Gasteiger partial charge in [-0.25, -0.2) is 0 Å². The van der Waals surface area contributed by atoms with Gasteiger partial charge >= 0.3 is 0 Å².